The van der Waals surface area contributed by atoms with E-state index < -0.39 is 0 Å². The highest BCUT2D eigenvalue weighted by molar-refractivity contribution is 5.25. The van der Waals surface area contributed by atoms with Crippen LogP contribution >= 0.6 is 0 Å². The summed E-state index contributed by atoms with van der Waals surface area (Å²) in [6, 6.07) is 0.337. The second-order valence-electron chi connectivity index (χ2n) is 4.90. The molecule has 0 amide bonds. The average Bonchev–Trinajstić information content (AvgIpc) is 2.70. The van der Waals surface area contributed by atoms with Crippen molar-refractivity contribution < 1.29 is 9.63 Å². The molecule has 2 heterocycles. The molecule has 1 unspecified atom stereocenters. The third-order valence-electron chi connectivity index (χ3n) is 3.78. The maximum Gasteiger partial charge on any atom is 0.138 e. The quantitative estimate of drug-likeness (QED) is 0.875. The van der Waals surface area contributed by atoms with Crippen molar-refractivity contribution in [1.82, 2.24) is 10.1 Å². The maximum absolute atomic E-state index is 9.54. The molecule has 1 aromatic rings. The highest BCUT2D eigenvalue weighted by Crippen LogP contribution is 2.29. The van der Waals surface area contributed by atoms with E-state index in [1.807, 2.05) is 6.92 Å². The zero-order chi connectivity index (χ0) is 12.4. The van der Waals surface area contributed by atoms with Gasteiger partial charge in [0, 0.05) is 24.7 Å². The fourth-order valence-corrected chi connectivity index (χ4v) is 2.67. The normalized spacial score (nSPS) is 20.7. The zero-order valence-electron chi connectivity index (χ0n) is 10.9. The summed E-state index contributed by atoms with van der Waals surface area (Å²) in [7, 11) is 0. The molecule has 1 fully saturated rings. The molecular formula is C13H22N2O2. The first kappa shape index (κ1) is 12.6. The van der Waals surface area contributed by atoms with Crippen molar-refractivity contribution in [2.24, 2.45) is 0 Å². The Morgan fingerprint density at radius 1 is 1.47 bits per heavy atom. The summed E-state index contributed by atoms with van der Waals surface area (Å²) in [4.78, 5) is 2.41. The van der Waals surface area contributed by atoms with E-state index in [0.29, 0.717) is 6.04 Å². The van der Waals surface area contributed by atoms with Crippen LogP contribution in [0.2, 0.25) is 0 Å². The minimum atomic E-state index is -0.118. The number of aryl methyl sites for hydroxylation is 2. The largest absolute Gasteiger partial charge is 0.393 e. The van der Waals surface area contributed by atoms with Crippen LogP contribution in [0.25, 0.3) is 0 Å². The Balaban J connectivity index is 2.13. The predicted molar refractivity (Wildman–Crippen MR) is 65.8 cm³/mol. The Kier molecular flexibility index (Phi) is 3.84. The van der Waals surface area contributed by atoms with E-state index in [0.717, 1.165) is 43.8 Å². The van der Waals surface area contributed by atoms with Gasteiger partial charge >= 0.3 is 0 Å². The van der Waals surface area contributed by atoms with Gasteiger partial charge in [0.15, 0.2) is 0 Å². The van der Waals surface area contributed by atoms with Gasteiger partial charge in [-0.2, -0.15) is 0 Å². The first-order valence-corrected chi connectivity index (χ1v) is 6.50. The fraction of sp³-hybridized carbons (Fsp3) is 0.769. The van der Waals surface area contributed by atoms with Crippen molar-refractivity contribution in [3.8, 4) is 0 Å². The Morgan fingerprint density at radius 2 is 2.12 bits per heavy atom. The molecule has 2 rings (SSSR count). The Morgan fingerprint density at radius 3 is 2.71 bits per heavy atom. The van der Waals surface area contributed by atoms with Gasteiger partial charge in [-0.05, 0) is 33.1 Å². The van der Waals surface area contributed by atoms with Crippen molar-refractivity contribution in [3.05, 3.63) is 17.0 Å². The molecule has 0 aliphatic carbocycles. The number of rotatable bonds is 3. The van der Waals surface area contributed by atoms with Gasteiger partial charge in [-0.25, -0.2) is 0 Å². The highest BCUT2D eigenvalue weighted by atomic mass is 16.5. The van der Waals surface area contributed by atoms with E-state index in [9.17, 15) is 5.11 Å². The molecule has 0 saturated carbocycles. The van der Waals surface area contributed by atoms with Gasteiger partial charge in [0.1, 0.15) is 5.76 Å². The van der Waals surface area contributed by atoms with E-state index in [-0.39, 0.29) is 6.10 Å². The molecule has 96 valence electrons. The molecule has 0 radical (unpaired) electrons. The summed E-state index contributed by atoms with van der Waals surface area (Å²) in [6.07, 6.45) is 2.53. The van der Waals surface area contributed by atoms with Crippen LogP contribution in [0.5, 0.6) is 0 Å². The molecule has 1 aliphatic rings. The Hall–Kier alpha value is -0.870. The first-order chi connectivity index (χ1) is 8.13. The number of likely N-dealkylation sites (tertiary alicyclic amines) is 1. The van der Waals surface area contributed by atoms with Gasteiger partial charge in [-0.15, -0.1) is 0 Å². The second kappa shape index (κ2) is 5.19. The summed E-state index contributed by atoms with van der Waals surface area (Å²) in [5, 5.41) is 13.7. The number of hydrogen-bond acceptors (Lipinski definition) is 4. The van der Waals surface area contributed by atoms with E-state index in [4.69, 9.17) is 4.52 Å². The van der Waals surface area contributed by atoms with Crippen molar-refractivity contribution in [1.29, 1.82) is 0 Å². The van der Waals surface area contributed by atoms with Crippen molar-refractivity contribution in [3.63, 3.8) is 0 Å². The molecule has 0 bridgehead atoms. The summed E-state index contributed by atoms with van der Waals surface area (Å²) in [5.41, 5.74) is 2.31. The second-order valence-corrected chi connectivity index (χ2v) is 4.90. The lowest BCUT2D eigenvalue weighted by molar-refractivity contribution is 0.0641. The summed E-state index contributed by atoms with van der Waals surface area (Å²) >= 11 is 0. The van der Waals surface area contributed by atoms with E-state index >= 15 is 0 Å². The van der Waals surface area contributed by atoms with E-state index in [1.54, 1.807) is 0 Å². The molecule has 0 aromatic carbocycles. The van der Waals surface area contributed by atoms with Gasteiger partial charge in [0.25, 0.3) is 0 Å². The number of piperidine rings is 1. The number of hydrogen-bond donors (Lipinski definition) is 1. The molecule has 1 saturated heterocycles. The SMILES string of the molecule is CCc1noc(C)c1C(C)N1CCC(O)CC1. The van der Waals surface area contributed by atoms with Gasteiger partial charge in [0.05, 0.1) is 11.8 Å². The van der Waals surface area contributed by atoms with Crippen LogP contribution in [-0.2, 0) is 6.42 Å². The predicted octanol–water partition coefficient (Wildman–Crippen LogP) is 2.06. The number of aliphatic hydroxyl groups is 1. The molecule has 1 aliphatic heterocycles. The van der Waals surface area contributed by atoms with Crippen LogP contribution in [0.4, 0.5) is 0 Å². The van der Waals surface area contributed by atoms with Crippen molar-refractivity contribution in [2.45, 2.75) is 52.2 Å². The summed E-state index contributed by atoms with van der Waals surface area (Å²) in [6.45, 7) is 8.20. The molecule has 4 heteroatoms. The lowest BCUT2D eigenvalue weighted by Crippen LogP contribution is -2.37. The molecule has 1 aromatic heterocycles. The van der Waals surface area contributed by atoms with Crippen LogP contribution in [0.3, 0.4) is 0 Å². The lowest BCUT2D eigenvalue weighted by atomic mass is 9.99. The fourth-order valence-electron chi connectivity index (χ4n) is 2.67. The Labute approximate surface area is 103 Å². The zero-order valence-corrected chi connectivity index (χ0v) is 10.9. The monoisotopic (exact) mass is 238 g/mol. The van der Waals surface area contributed by atoms with Crippen LogP contribution in [0.1, 0.15) is 49.7 Å². The minimum absolute atomic E-state index is 0.118. The van der Waals surface area contributed by atoms with E-state index in [1.165, 1.54) is 5.56 Å². The third kappa shape index (κ3) is 2.53. The summed E-state index contributed by atoms with van der Waals surface area (Å²) < 4.78 is 5.29. The number of aliphatic hydroxyl groups excluding tert-OH is 1. The average molecular weight is 238 g/mol. The molecular weight excluding hydrogens is 216 g/mol. The topological polar surface area (TPSA) is 49.5 Å². The van der Waals surface area contributed by atoms with Crippen LogP contribution in [0, 0.1) is 6.92 Å². The van der Waals surface area contributed by atoms with E-state index in [2.05, 4.69) is 23.9 Å². The molecule has 1 N–H and O–H groups in total. The molecule has 4 nitrogen and oxygen atoms in total. The third-order valence-corrected chi connectivity index (χ3v) is 3.78. The first-order valence-electron chi connectivity index (χ1n) is 6.50. The number of aromatic nitrogens is 1. The Bertz CT molecular complexity index is 367. The summed E-state index contributed by atoms with van der Waals surface area (Å²) in [5.74, 6) is 0.931. The van der Waals surface area contributed by atoms with Gasteiger partial charge < -0.3 is 9.63 Å². The van der Waals surface area contributed by atoms with Crippen LogP contribution in [-0.4, -0.2) is 34.4 Å². The molecule has 17 heavy (non-hydrogen) atoms. The molecule has 0 spiro atoms. The smallest absolute Gasteiger partial charge is 0.138 e. The van der Waals surface area contributed by atoms with Crippen molar-refractivity contribution in [2.75, 3.05) is 13.1 Å². The van der Waals surface area contributed by atoms with Crippen LogP contribution in [0.15, 0.2) is 4.52 Å². The van der Waals surface area contributed by atoms with Gasteiger partial charge in [0.2, 0.25) is 0 Å². The van der Waals surface area contributed by atoms with Gasteiger partial charge in [-0.3, -0.25) is 4.90 Å². The van der Waals surface area contributed by atoms with Crippen molar-refractivity contribution >= 4 is 0 Å². The number of nitrogens with zero attached hydrogens (tertiary/aromatic N) is 2. The standard InChI is InChI=1S/C13H22N2O2/c1-4-12-13(10(3)17-14-12)9(2)15-7-5-11(16)6-8-15/h9,11,16H,4-8H2,1-3H3. The minimum Gasteiger partial charge on any atom is -0.393 e. The van der Waals surface area contributed by atoms with Gasteiger partial charge in [-0.1, -0.05) is 12.1 Å². The molecule has 1 atom stereocenters. The lowest BCUT2D eigenvalue weighted by Gasteiger charge is -2.34. The maximum atomic E-state index is 9.54. The highest BCUT2D eigenvalue weighted by Gasteiger charge is 2.26. The van der Waals surface area contributed by atoms with Crippen LogP contribution < -0.4 is 0 Å².